The zero-order chi connectivity index (χ0) is 16.9. The van der Waals surface area contributed by atoms with Crippen LogP contribution < -0.4 is 10.1 Å². The minimum atomic E-state index is -3.43. The van der Waals surface area contributed by atoms with Crippen LogP contribution in [0.5, 0.6) is 5.75 Å². The van der Waals surface area contributed by atoms with Gasteiger partial charge in [-0.05, 0) is 25.0 Å². The molecule has 2 rings (SSSR count). The molecule has 2 N–H and O–H groups in total. The van der Waals surface area contributed by atoms with Crippen molar-refractivity contribution in [1.82, 2.24) is 0 Å². The summed E-state index contributed by atoms with van der Waals surface area (Å²) >= 11 is 0. The first-order valence-corrected chi connectivity index (χ1v) is 9.04. The third-order valence-corrected chi connectivity index (χ3v) is 5.77. The number of amides is 1. The smallest absolute Gasteiger partial charge is 0.341 e. The van der Waals surface area contributed by atoms with Crippen LogP contribution in [-0.2, 0) is 19.4 Å². The molecular weight excluding hydrogens is 322 g/mol. The van der Waals surface area contributed by atoms with E-state index in [1.807, 2.05) is 0 Å². The highest BCUT2D eigenvalue weighted by atomic mass is 32.2. The predicted octanol–water partition coefficient (Wildman–Crippen LogP) is 1.45. The van der Waals surface area contributed by atoms with E-state index in [0.717, 1.165) is 12.8 Å². The van der Waals surface area contributed by atoms with Crippen LogP contribution in [0.25, 0.3) is 0 Å². The summed E-state index contributed by atoms with van der Waals surface area (Å²) in [5.74, 6) is -1.98. The van der Waals surface area contributed by atoms with Crippen LogP contribution in [0, 0.1) is 0 Å². The van der Waals surface area contributed by atoms with Crippen molar-refractivity contribution < 1.29 is 27.9 Å². The molecule has 0 aromatic heterocycles. The Bertz CT molecular complexity index is 679. The van der Waals surface area contributed by atoms with Gasteiger partial charge >= 0.3 is 5.97 Å². The monoisotopic (exact) mass is 341 g/mol. The highest BCUT2D eigenvalue weighted by Gasteiger charge is 2.30. The second kappa shape index (κ2) is 7.45. The van der Waals surface area contributed by atoms with E-state index in [2.05, 4.69) is 5.32 Å². The number of ether oxygens (including phenoxy) is 1. The molecule has 1 amide bonds. The maximum Gasteiger partial charge on any atom is 0.341 e. The molecule has 0 bridgehead atoms. The molecule has 0 unspecified atom stereocenters. The first kappa shape index (κ1) is 17.3. The largest absolute Gasteiger partial charge is 0.482 e. The SMILES string of the molecule is O=C(O)COc1cccc(NC(=O)CS(=O)(=O)C2CCCC2)c1. The Balaban J connectivity index is 1.94. The van der Waals surface area contributed by atoms with Gasteiger partial charge in [0.1, 0.15) is 11.5 Å². The number of hydrogen-bond donors (Lipinski definition) is 2. The van der Waals surface area contributed by atoms with Gasteiger partial charge < -0.3 is 15.2 Å². The van der Waals surface area contributed by atoms with E-state index in [-0.39, 0.29) is 5.75 Å². The molecule has 7 nitrogen and oxygen atoms in total. The molecule has 23 heavy (non-hydrogen) atoms. The van der Waals surface area contributed by atoms with Gasteiger partial charge in [-0.3, -0.25) is 4.79 Å². The predicted molar refractivity (Wildman–Crippen MR) is 84.2 cm³/mol. The van der Waals surface area contributed by atoms with Crippen LogP contribution in [-0.4, -0.2) is 43.0 Å². The molecule has 0 heterocycles. The Morgan fingerprint density at radius 2 is 1.96 bits per heavy atom. The van der Waals surface area contributed by atoms with Crippen LogP contribution in [0.2, 0.25) is 0 Å². The maximum atomic E-state index is 12.1. The van der Waals surface area contributed by atoms with Crippen molar-refractivity contribution in [3.8, 4) is 5.75 Å². The summed E-state index contributed by atoms with van der Waals surface area (Å²) in [6, 6.07) is 6.16. The van der Waals surface area contributed by atoms with Gasteiger partial charge in [-0.15, -0.1) is 0 Å². The fourth-order valence-corrected chi connectivity index (χ4v) is 4.28. The number of carbonyl (C=O) groups is 2. The lowest BCUT2D eigenvalue weighted by Gasteiger charge is -2.11. The quantitative estimate of drug-likeness (QED) is 0.777. The van der Waals surface area contributed by atoms with Gasteiger partial charge in [-0.25, -0.2) is 13.2 Å². The standard InChI is InChI=1S/C15H19NO6S/c17-14(10-23(20,21)13-6-1-2-7-13)16-11-4-3-5-12(8-11)22-9-15(18)19/h3-5,8,13H,1-2,6-7,9-10H2,(H,16,17)(H,18,19). The lowest BCUT2D eigenvalue weighted by molar-refractivity contribution is -0.139. The fourth-order valence-electron chi connectivity index (χ4n) is 2.55. The molecule has 0 saturated heterocycles. The zero-order valence-electron chi connectivity index (χ0n) is 12.5. The summed E-state index contributed by atoms with van der Waals surface area (Å²) in [5, 5.41) is 10.6. The van der Waals surface area contributed by atoms with Gasteiger partial charge in [0.2, 0.25) is 5.91 Å². The van der Waals surface area contributed by atoms with Gasteiger partial charge in [0, 0.05) is 11.8 Å². The average Bonchev–Trinajstić information content (AvgIpc) is 3.00. The molecule has 1 aliphatic rings. The molecule has 0 atom stereocenters. The van der Waals surface area contributed by atoms with Gasteiger partial charge in [0.05, 0.1) is 5.25 Å². The number of benzene rings is 1. The molecule has 1 aromatic rings. The van der Waals surface area contributed by atoms with E-state index in [4.69, 9.17) is 9.84 Å². The highest BCUT2D eigenvalue weighted by Crippen LogP contribution is 2.25. The summed E-state index contributed by atoms with van der Waals surface area (Å²) in [7, 11) is -3.43. The Labute approximate surface area is 134 Å². The zero-order valence-corrected chi connectivity index (χ0v) is 13.3. The van der Waals surface area contributed by atoms with E-state index in [1.54, 1.807) is 18.2 Å². The Kier molecular flexibility index (Phi) is 5.59. The van der Waals surface area contributed by atoms with E-state index < -0.39 is 39.3 Å². The minimum Gasteiger partial charge on any atom is -0.482 e. The van der Waals surface area contributed by atoms with E-state index in [9.17, 15) is 18.0 Å². The van der Waals surface area contributed by atoms with Gasteiger partial charge in [-0.2, -0.15) is 0 Å². The summed E-state index contributed by atoms with van der Waals surface area (Å²) in [5.41, 5.74) is 0.361. The molecule has 0 aliphatic heterocycles. The molecule has 1 aromatic carbocycles. The van der Waals surface area contributed by atoms with E-state index >= 15 is 0 Å². The molecule has 1 saturated carbocycles. The third kappa shape index (κ3) is 5.24. The van der Waals surface area contributed by atoms with Crippen molar-refractivity contribution in [2.24, 2.45) is 0 Å². The number of anilines is 1. The lowest BCUT2D eigenvalue weighted by Crippen LogP contribution is -2.29. The molecule has 126 valence electrons. The number of carboxylic acid groups (broad SMARTS) is 1. The first-order valence-electron chi connectivity index (χ1n) is 7.33. The number of rotatable bonds is 7. The second-order valence-electron chi connectivity index (χ2n) is 5.47. The Morgan fingerprint density at radius 1 is 1.26 bits per heavy atom. The minimum absolute atomic E-state index is 0.281. The summed E-state index contributed by atoms with van der Waals surface area (Å²) < 4.78 is 29.3. The van der Waals surface area contributed by atoms with Crippen molar-refractivity contribution >= 4 is 27.4 Å². The second-order valence-corrected chi connectivity index (χ2v) is 7.75. The van der Waals surface area contributed by atoms with Crippen molar-refractivity contribution in [1.29, 1.82) is 0 Å². The van der Waals surface area contributed by atoms with Gasteiger partial charge in [-0.1, -0.05) is 18.9 Å². The fraction of sp³-hybridized carbons (Fsp3) is 0.467. The molecular formula is C15H19NO6S. The third-order valence-electron chi connectivity index (χ3n) is 3.62. The van der Waals surface area contributed by atoms with Gasteiger partial charge in [0.15, 0.2) is 16.4 Å². The summed E-state index contributed by atoms with van der Waals surface area (Å²) in [6.07, 6.45) is 3.01. The van der Waals surface area contributed by atoms with Crippen molar-refractivity contribution in [2.75, 3.05) is 17.7 Å². The van der Waals surface area contributed by atoms with Crippen LogP contribution in [0.4, 0.5) is 5.69 Å². The lowest BCUT2D eigenvalue weighted by atomic mass is 10.3. The van der Waals surface area contributed by atoms with Gasteiger partial charge in [0.25, 0.3) is 0 Å². The molecule has 1 fully saturated rings. The number of aliphatic carboxylic acids is 1. The summed E-state index contributed by atoms with van der Waals surface area (Å²) in [6.45, 7) is -0.493. The number of carboxylic acids is 1. The van der Waals surface area contributed by atoms with Crippen LogP contribution in [0.1, 0.15) is 25.7 Å². The number of carbonyl (C=O) groups excluding carboxylic acids is 1. The van der Waals surface area contributed by atoms with Crippen LogP contribution in [0.15, 0.2) is 24.3 Å². The first-order chi connectivity index (χ1) is 10.9. The number of sulfone groups is 1. The Hall–Kier alpha value is -2.09. The highest BCUT2D eigenvalue weighted by molar-refractivity contribution is 7.92. The maximum absolute atomic E-state index is 12.1. The number of nitrogens with one attached hydrogen (secondary N) is 1. The molecule has 0 radical (unpaired) electrons. The van der Waals surface area contributed by atoms with Crippen molar-refractivity contribution in [3.63, 3.8) is 0 Å². The van der Waals surface area contributed by atoms with Crippen LogP contribution in [0.3, 0.4) is 0 Å². The molecule has 1 aliphatic carbocycles. The number of hydrogen-bond acceptors (Lipinski definition) is 5. The normalized spacial score (nSPS) is 15.3. The molecule has 0 spiro atoms. The van der Waals surface area contributed by atoms with E-state index in [1.165, 1.54) is 6.07 Å². The van der Waals surface area contributed by atoms with Crippen LogP contribution >= 0.6 is 0 Å². The average molecular weight is 341 g/mol. The molecule has 8 heteroatoms. The van der Waals surface area contributed by atoms with Crippen molar-refractivity contribution in [2.45, 2.75) is 30.9 Å². The topological polar surface area (TPSA) is 110 Å². The van der Waals surface area contributed by atoms with E-state index in [0.29, 0.717) is 18.5 Å². The van der Waals surface area contributed by atoms with Crippen molar-refractivity contribution in [3.05, 3.63) is 24.3 Å². The summed E-state index contributed by atoms with van der Waals surface area (Å²) in [4.78, 5) is 22.4. The Morgan fingerprint density at radius 3 is 2.61 bits per heavy atom.